The van der Waals surface area contributed by atoms with Crippen molar-refractivity contribution in [1.82, 2.24) is 0 Å². The summed E-state index contributed by atoms with van der Waals surface area (Å²) < 4.78 is 0. The molecule has 1 aliphatic rings. The van der Waals surface area contributed by atoms with E-state index < -0.39 is 0 Å². The fraction of sp³-hybridized carbons (Fsp3) is 0.143. The second-order valence-electron chi connectivity index (χ2n) is 5.70. The van der Waals surface area contributed by atoms with Gasteiger partial charge in [-0.3, -0.25) is 0 Å². The van der Waals surface area contributed by atoms with Gasteiger partial charge in [0.15, 0.2) is 0 Å². The third kappa shape index (κ3) is 3.04. The van der Waals surface area contributed by atoms with Crippen molar-refractivity contribution >= 4 is 22.5 Å². The SMILES string of the molecule is C1=Cc2cccc3cccc(c23)C1.CN(C)c1ccccc1. The molecule has 1 aliphatic carbocycles. The van der Waals surface area contributed by atoms with Crippen LogP contribution in [0.4, 0.5) is 5.69 Å². The Balaban J connectivity index is 0.000000142. The zero-order chi connectivity index (χ0) is 15.4. The van der Waals surface area contributed by atoms with Crippen molar-refractivity contribution in [3.63, 3.8) is 0 Å². The summed E-state index contributed by atoms with van der Waals surface area (Å²) in [6, 6.07) is 23.3. The molecule has 0 unspecified atom stereocenters. The van der Waals surface area contributed by atoms with Crippen molar-refractivity contribution in [2.75, 3.05) is 19.0 Å². The van der Waals surface area contributed by atoms with Crippen LogP contribution in [-0.2, 0) is 6.42 Å². The monoisotopic (exact) mass is 287 g/mol. The van der Waals surface area contributed by atoms with Gasteiger partial charge in [-0.15, -0.1) is 0 Å². The van der Waals surface area contributed by atoms with Crippen LogP contribution in [0, 0.1) is 0 Å². The lowest BCUT2D eigenvalue weighted by Crippen LogP contribution is -2.07. The zero-order valence-electron chi connectivity index (χ0n) is 13.2. The van der Waals surface area contributed by atoms with Crippen LogP contribution in [-0.4, -0.2) is 14.1 Å². The Morgan fingerprint density at radius 3 is 2.18 bits per heavy atom. The molecule has 22 heavy (non-hydrogen) atoms. The van der Waals surface area contributed by atoms with E-state index in [1.807, 2.05) is 32.3 Å². The first-order valence-electron chi connectivity index (χ1n) is 7.65. The Morgan fingerprint density at radius 1 is 0.773 bits per heavy atom. The van der Waals surface area contributed by atoms with Gasteiger partial charge in [-0.25, -0.2) is 0 Å². The van der Waals surface area contributed by atoms with E-state index in [4.69, 9.17) is 0 Å². The van der Waals surface area contributed by atoms with Crippen LogP contribution in [0.3, 0.4) is 0 Å². The van der Waals surface area contributed by atoms with E-state index in [-0.39, 0.29) is 0 Å². The minimum Gasteiger partial charge on any atom is -0.378 e. The van der Waals surface area contributed by atoms with E-state index >= 15 is 0 Å². The van der Waals surface area contributed by atoms with E-state index in [0.717, 1.165) is 6.42 Å². The average Bonchev–Trinajstić information content (AvgIpc) is 2.57. The number of para-hydroxylation sites is 1. The highest BCUT2D eigenvalue weighted by Gasteiger charge is 2.06. The third-order valence-electron chi connectivity index (χ3n) is 3.93. The summed E-state index contributed by atoms with van der Waals surface area (Å²) in [4.78, 5) is 2.08. The van der Waals surface area contributed by atoms with Crippen LogP contribution in [0.5, 0.6) is 0 Å². The van der Waals surface area contributed by atoms with Gasteiger partial charge in [0.2, 0.25) is 0 Å². The summed E-state index contributed by atoms with van der Waals surface area (Å²) in [7, 11) is 4.07. The van der Waals surface area contributed by atoms with E-state index in [9.17, 15) is 0 Å². The fourth-order valence-corrected chi connectivity index (χ4v) is 2.80. The summed E-state index contributed by atoms with van der Waals surface area (Å²) in [5, 5.41) is 2.80. The maximum Gasteiger partial charge on any atom is 0.0360 e. The second kappa shape index (κ2) is 6.48. The molecule has 0 aliphatic heterocycles. The van der Waals surface area contributed by atoms with E-state index in [1.54, 1.807) is 0 Å². The molecular weight excluding hydrogens is 266 g/mol. The van der Waals surface area contributed by atoms with Crippen LogP contribution in [0.15, 0.2) is 72.8 Å². The van der Waals surface area contributed by atoms with E-state index in [0.29, 0.717) is 0 Å². The highest BCUT2D eigenvalue weighted by Crippen LogP contribution is 2.27. The predicted molar refractivity (Wildman–Crippen MR) is 97.5 cm³/mol. The van der Waals surface area contributed by atoms with Crippen molar-refractivity contribution in [3.05, 3.63) is 83.9 Å². The minimum atomic E-state index is 1.08. The number of allylic oxidation sites excluding steroid dienone is 1. The van der Waals surface area contributed by atoms with Crippen LogP contribution in [0.1, 0.15) is 11.1 Å². The molecule has 3 aromatic carbocycles. The Morgan fingerprint density at radius 2 is 1.50 bits per heavy atom. The van der Waals surface area contributed by atoms with Gasteiger partial charge in [-0.05, 0) is 40.5 Å². The smallest absolute Gasteiger partial charge is 0.0360 e. The topological polar surface area (TPSA) is 3.24 Å². The lowest BCUT2D eigenvalue weighted by molar-refractivity contribution is 1.13. The van der Waals surface area contributed by atoms with E-state index in [1.165, 1.54) is 27.6 Å². The van der Waals surface area contributed by atoms with Crippen LogP contribution in [0.2, 0.25) is 0 Å². The lowest BCUT2D eigenvalue weighted by Gasteiger charge is -2.11. The summed E-state index contributed by atoms with van der Waals surface area (Å²) in [6.45, 7) is 0. The van der Waals surface area contributed by atoms with Crippen LogP contribution < -0.4 is 4.90 Å². The molecule has 4 rings (SSSR count). The molecule has 0 fully saturated rings. The summed E-state index contributed by atoms with van der Waals surface area (Å²) in [5.41, 5.74) is 4.06. The van der Waals surface area contributed by atoms with E-state index in [2.05, 4.69) is 65.6 Å². The number of anilines is 1. The molecule has 0 saturated heterocycles. The molecule has 1 nitrogen and oxygen atoms in total. The van der Waals surface area contributed by atoms with Crippen molar-refractivity contribution < 1.29 is 0 Å². The molecule has 0 radical (unpaired) electrons. The molecule has 0 N–H and O–H groups in total. The molecule has 0 saturated carbocycles. The largest absolute Gasteiger partial charge is 0.378 e. The molecule has 110 valence electrons. The fourth-order valence-electron chi connectivity index (χ4n) is 2.80. The van der Waals surface area contributed by atoms with Gasteiger partial charge in [0, 0.05) is 19.8 Å². The second-order valence-corrected chi connectivity index (χ2v) is 5.70. The summed E-state index contributed by atoms with van der Waals surface area (Å²) in [6.07, 6.45) is 5.53. The first kappa shape index (κ1) is 14.4. The van der Waals surface area contributed by atoms with Crippen molar-refractivity contribution in [2.45, 2.75) is 6.42 Å². The normalized spacial score (nSPS) is 11.7. The Hall–Kier alpha value is -2.54. The third-order valence-corrected chi connectivity index (χ3v) is 3.93. The van der Waals surface area contributed by atoms with Crippen molar-refractivity contribution in [3.8, 4) is 0 Å². The molecule has 0 amide bonds. The standard InChI is InChI=1S/C13H10.C8H11N/c1-4-10-6-2-8-12-9-3-7-11(5-1)13(10)12;1-9(2)8-6-4-3-5-7-8/h1-8H,9H2;3-7H,1-2H3. The highest BCUT2D eigenvalue weighted by atomic mass is 15.1. The van der Waals surface area contributed by atoms with Crippen molar-refractivity contribution in [2.24, 2.45) is 0 Å². The number of rotatable bonds is 1. The Kier molecular flexibility index (Phi) is 4.24. The van der Waals surface area contributed by atoms with Gasteiger partial charge >= 0.3 is 0 Å². The van der Waals surface area contributed by atoms with Crippen molar-refractivity contribution in [1.29, 1.82) is 0 Å². The average molecular weight is 287 g/mol. The number of nitrogens with zero attached hydrogens (tertiary/aromatic N) is 1. The van der Waals surface area contributed by atoms with Gasteiger partial charge < -0.3 is 4.90 Å². The van der Waals surface area contributed by atoms with Gasteiger partial charge in [0.1, 0.15) is 0 Å². The number of hydrogen-bond acceptors (Lipinski definition) is 1. The molecule has 1 heteroatoms. The quantitative estimate of drug-likeness (QED) is 0.597. The minimum absolute atomic E-state index is 1.08. The molecule has 0 spiro atoms. The van der Waals surface area contributed by atoms with Gasteiger partial charge in [0.25, 0.3) is 0 Å². The Bertz CT molecular complexity index is 780. The lowest BCUT2D eigenvalue weighted by atomic mass is 9.93. The van der Waals surface area contributed by atoms with Crippen LogP contribution >= 0.6 is 0 Å². The highest BCUT2D eigenvalue weighted by molar-refractivity contribution is 5.94. The summed E-state index contributed by atoms with van der Waals surface area (Å²) in [5.74, 6) is 0. The van der Waals surface area contributed by atoms with Gasteiger partial charge in [0.05, 0.1) is 0 Å². The first-order chi connectivity index (χ1) is 10.8. The summed E-state index contributed by atoms with van der Waals surface area (Å²) >= 11 is 0. The molecule has 0 atom stereocenters. The van der Waals surface area contributed by atoms with Gasteiger partial charge in [-0.1, -0.05) is 66.7 Å². The van der Waals surface area contributed by atoms with Gasteiger partial charge in [-0.2, -0.15) is 0 Å². The predicted octanol–water partition coefficient (Wildman–Crippen LogP) is 5.16. The Labute approximate surface area is 132 Å². The first-order valence-corrected chi connectivity index (χ1v) is 7.65. The maximum atomic E-state index is 2.23. The zero-order valence-corrected chi connectivity index (χ0v) is 13.2. The number of hydrogen-bond donors (Lipinski definition) is 0. The molecule has 0 bridgehead atoms. The molecule has 0 aromatic heterocycles. The maximum absolute atomic E-state index is 2.23. The molecular formula is C21H21N. The molecule has 3 aromatic rings. The van der Waals surface area contributed by atoms with Crippen LogP contribution in [0.25, 0.3) is 16.8 Å². The number of benzene rings is 3. The molecule has 0 heterocycles.